The number of hydrogen-bond donors (Lipinski definition) is 3. The van der Waals surface area contributed by atoms with Gasteiger partial charge in [0.1, 0.15) is 6.10 Å². The zero-order chi connectivity index (χ0) is 7.84. The maximum absolute atomic E-state index is 9.59. The SMILES string of the molecule is CNC1Cc2[nH]cnc2C1O. The molecule has 0 saturated heterocycles. The van der Waals surface area contributed by atoms with Crippen LogP contribution < -0.4 is 5.32 Å². The summed E-state index contributed by atoms with van der Waals surface area (Å²) in [5.74, 6) is 0. The summed E-state index contributed by atoms with van der Waals surface area (Å²) in [4.78, 5) is 7.03. The first-order valence-electron chi connectivity index (χ1n) is 3.70. The lowest BCUT2D eigenvalue weighted by molar-refractivity contribution is 0.142. The number of aliphatic hydroxyl groups is 1. The molecule has 0 bridgehead atoms. The molecule has 2 unspecified atom stereocenters. The maximum Gasteiger partial charge on any atom is 0.113 e. The first-order valence-corrected chi connectivity index (χ1v) is 3.70. The van der Waals surface area contributed by atoms with E-state index in [2.05, 4.69) is 15.3 Å². The average Bonchev–Trinajstić information content (AvgIpc) is 2.53. The molecule has 1 aliphatic carbocycles. The second kappa shape index (κ2) is 2.32. The van der Waals surface area contributed by atoms with Crippen LogP contribution in [0.15, 0.2) is 6.33 Å². The highest BCUT2D eigenvalue weighted by Gasteiger charge is 2.31. The largest absolute Gasteiger partial charge is 0.385 e. The number of aliphatic hydroxyl groups excluding tert-OH is 1. The summed E-state index contributed by atoms with van der Waals surface area (Å²) in [6, 6.07) is 0.130. The molecule has 2 rings (SSSR count). The maximum atomic E-state index is 9.59. The van der Waals surface area contributed by atoms with Gasteiger partial charge >= 0.3 is 0 Å². The van der Waals surface area contributed by atoms with Gasteiger partial charge in [-0.25, -0.2) is 4.98 Å². The molecule has 3 N–H and O–H groups in total. The van der Waals surface area contributed by atoms with Crippen molar-refractivity contribution in [1.29, 1.82) is 0 Å². The topological polar surface area (TPSA) is 60.9 Å². The van der Waals surface area contributed by atoms with E-state index in [0.29, 0.717) is 0 Å². The number of hydrogen-bond acceptors (Lipinski definition) is 3. The Morgan fingerprint density at radius 2 is 2.64 bits per heavy atom. The number of aromatic nitrogens is 2. The fourth-order valence-electron chi connectivity index (χ4n) is 1.53. The van der Waals surface area contributed by atoms with E-state index >= 15 is 0 Å². The first-order chi connectivity index (χ1) is 5.33. The van der Waals surface area contributed by atoms with Gasteiger partial charge in [-0.05, 0) is 7.05 Å². The molecule has 1 heterocycles. The predicted octanol–water partition coefficient (Wildman–Crippen LogP) is -0.413. The Bertz CT molecular complexity index is 258. The van der Waals surface area contributed by atoms with Crippen LogP contribution in [0.4, 0.5) is 0 Å². The molecule has 1 aromatic heterocycles. The van der Waals surface area contributed by atoms with Gasteiger partial charge in [0, 0.05) is 18.2 Å². The lowest BCUT2D eigenvalue weighted by Gasteiger charge is -2.11. The number of fused-ring (bicyclic) bond motifs is 1. The van der Waals surface area contributed by atoms with Gasteiger partial charge in [0.15, 0.2) is 0 Å². The van der Waals surface area contributed by atoms with Crippen LogP contribution in [0.1, 0.15) is 17.5 Å². The minimum absolute atomic E-state index is 0.130. The van der Waals surface area contributed by atoms with Crippen molar-refractivity contribution in [2.75, 3.05) is 7.05 Å². The van der Waals surface area contributed by atoms with Gasteiger partial charge < -0.3 is 15.4 Å². The average molecular weight is 153 g/mol. The molecule has 1 aromatic rings. The summed E-state index contributed by atoms with van der Waals surface area (Å²) in [6.07, 6.45) is 2.02. The molecule has 11 heavy (non-hydrogen) atoms. The van der Waals surface area contributed by atoms with Crippen LogP contribution in [0.5, 0.6) is 0 Å². The van der Waals surface area contributed by atoms with Crippen molar-refractivity contribution in [2.24, 2.45) is 0 Å². The summed E-state index contributed by atoms with van der Waals surface area (Å²) in [6.45, 7) is 0. The van der Waals surface area contributed by atoms with Crippen LogP contribution in [-0.2, 0) is 6.42 Å². The molecule has 60 valence electrons. The van der Waals surface area contributed by atoms with E-state index < -0.39 is 6.10 Å². The summed E-state index contributed by atoms with van der Waals surface area (Å²) in [7, 11) is 1.85. The van der Waals surface area contributed by atoms with Gasteiger partial charge in [0.05, 0.1) is 12.0 Å². The molecular formula is C7H11N3O. The molecule has 0 fully saturated rings. The van der Waals surface area contributed by atoms with Gasteiger partial charge in [0.2, 0.25) is 0 Å². The molecule has 4 heteroatoms. The lowest BCUT2D eigenvalue weighted by atomic mass is 10.2. The summed E-state index contributed by atoms with van der Waals surface area (Å²) in [5.41, 5.74) is 1.85. The van der Waals surface area contributed by atoms with E-state index in [4.69, 9.17) is 0 Å². The smallest absolute Gasteiger partial charge is 0.113 e. The van der Waals surface area contributed by atoms with Crippen LogP contribution in [-0.4, -0.2) is 28.2 Å². The molecule has 0 radical (unpaired) electrons. The number of likely N-dealkylation sites (N-methyl/N-ethyl adjacent to an activating group) is 1. The number of rotatable bonds is 1. The number of nitrogens with one attached hydrogen (secondary N) is 2. The number of aromatic amines is 1. The Labute approximate surface area is 64.7 Å². The van der Waals surface area contributed by atoms with E-state index in [1.54, 1.807) is 6.33 Å². The van der Waals surface area contributed by atoms with Crippen molar-refractivity contribution >= 4 is 0 Å². The van der Waals surface area contributed by atoms with Gasteiger partial charge in [-0.15, -0.1) is 0 Å². The first kappa shape index (κ1) is 6.82. The summed E-state index contributed by atoms with van der Waals surface area (Å²) in [5, 5.41) is 12.6. The highest BCUT2D eigenvalue weighted by Crippen LogP contribution is 2.27. The third-order valence-corrected chi connectivity index (χ3v) is 2.21. The van der Waals surface area contributed by atoms with Crippen molar-refractivity contribution in [3.05, 3.63) is 17.7 Å². The molecular weight excluding hydrogens is 142 g/mol. The van der Waals surface area contributed by atoms with Crippen LogP contribution in [0.25, 0.3) is 0 Å². The fraction of sp³-hybridized carbons (Fsp3) is 0.571. The lowest BCUT2D eigenvalue weighted by Crippen LogP contribution is -2.29. The van der Waals surface area contributed by atoms with E-state index in [1.165, 1.54) is 0 Å². The van der Waals surface area contributed by atoms with Crippen molar-refractivity contribution in [2.45, 2.75) is 18.6 Å². The van der Waals surface area contributed by atoms with Crippen LogP contribution >= 0.6 is 0 Å². The molecule has 0 spiro atoms. The van der Waals surface area contributed by atoms with Crippen LogP contribution in [0, 0.1) is 0 Å². The molecule has 4 nitrogen and oxygen atoms in total. The van der Waals surface area contributed by atoms with Crippen molar-refractivity contribution in [1.82, 2.24) is 15.3 Å². The van der Waals surface area contributed by atoms with Gasteiger partial charge in [0.25, 0.3) is 0 Å². The van der Waals surface area contributed by atoms with Crippen molar-refractivity contribution in [3.8, 4) is 0 Å². The highest BCUT2D eigenvalue weighted by molar-refractivity contribution is 5.23. The van der Waals surface area contributed by atoms with Gasteiger partial charge in [-0.1, -0.05) is 0 Å². The normalized spacial score (nSPS) is 28.9. The van der Waals surface area contributed by atoms with E-state index in [-0.39, 0.29) is 6.04 Å². The number of H-pyrrole nitrogens is 1. The highest BCUT2D eigenvalue weighted by atomic mass is 16.3. The molecule has 0 saturated carbocycles. The second-order valence-corrected chi connectivity index (χ2v) is 2.81. The molecule has 1 aliphatic rings. The summed E-state index contributed by atoms with van der Waals surface area (Å²) >= 11 is 0. The second-order valence-electron chi connectivity index (χ2n) is 2.81. The zero-order valence-electron chi connectivity index (χ0n) is 6.33. The third kappa shape index (κ3) is 0.868. The predicted molar refractivity (Wildman–Crippen MR) is 40.1 cm³/mol. The monoisotopic (exact) mass is 153 g/mol. The van der Waals surface area contributed by atoms with Gasteiger partial charge in [-0.2, -0.15) is 0 Å². The minimum Gasteiger partial charge on any atom is -0.385 e. The third-order valence-electron chi connectivity index (χ3n) is 2.21. The summed E-state index contributed by atoms with van der Waals surface area (Å²) < 4.78 is 0. The molecule has 0 aliphatic heterocycles. The van der Waals surface area contributed by atoms with Crippen molar-refractivity contribution < 1.29 is 5.11 Å². The minimum atomic E-state index is -0.443. The fourth-order valence-corrected chi connectivity index (χ4v) is 1.53. The number of imidazole rings is 1. The number of nitrogens with zero attached hydrogens (tertiary/aromatic N) is 1. The van der Waals surface area contributed by atoms with Crippen molar-refractivity contribution in [3.63, 3.8) is 0 Å². The van der Waals surface area contributed by atoms with Gasteiger partial charge in [-0.3, -0.25) is 0 Å². The Morgan fingerprint density at radius 3 is 3.27 bits per heavy atom. The zero-order valence-corrected chi connectivity index (χ0v) is 6.33. The Hall–Kier alpha value is -0.870. The molecule has 2 atom stereocenters. The Balaban J connectivity index is 2.30. The van der Waals surface area contributed by atoms with Crippen LogP contribution in [0.3, 0.4) is 0 Å². The van der Waals surface area contributed by atoms with E-state index in [0.717, 1.165) is 17.8 Å². The van der Waals surface area contributed by atoms with E-state index in [1.807, 2.05) is 7.05 Å². The Morgan fingerprint density at radius 1 is 1.82 bits per heavy atom. The molecule has 0 amide bonds. The quantitative estimate of drug-likeness (QED) is 0.514. The molecule has 0 aromatic carbocycles. The standard InChI is InChI=1S/C7H11N3O/c1-8-5-2-4-6(7(5)11)10-3-9-4/h3,5,7-8,11H,2H2,1H3,(H,9,10). The van der Waals surface area contributed by atoms with E-state index in [9.17, 15) is 5.11 Å². The Kier molecular flexibility index (Phi) is 1.44. The van der Waals surface area contributed by atoms with Crippen LogP contribution in [0.2, 0.25) is 0 Å².